The molecule has 0 bridgehead atoms. The van der Waals surface area contributed by atoms with Gasteiger partial charge in [-0.25, -0.2) is 9.98 Å². The Hall–Kier alpha value is -1.34. The monoisotopic (exact) mass is 295 g/mol. The average Bonchev–Trinajstić information content (AvgIpc) is 2.50. The van der Waals surface area contributed by atoms with Crippen molar-refractivity contribution in [2.24, 2.45) is 26.9 Å². The number of hydrogen-bond acceptors (Lipinski definition) is 7. The predicted octanol–water partition coefficient (Wildman–Crippen LogP) is -0.0535. The first-order valence-electron chi connectivity index (χ1n) is 7.61. The standard InChI is InChI=1S/C14H29N7/c1-13(2,3)10-14(18-11(15)17-12(16)19-14)21-7-5-6-20(4)8-9-21/h5-10H2,1-4H3,(H5,15,16,17,18,19). The number of guanidine groups is 2. The van der Waals surface area contributed by atoms with E-state index in [2.05, 4.69) is 52.9 Å². The summed E-state index contributed by atoms with van der Waals surface area (Å²) in [5.74, 6) is 0.0248. The molecule has 7 nitrogen and oxygen atoms in total. The van der Waals surface area contributed by atoms with Crippen LogP contribution in [0.25, 0.3) is 0 Å². The summed E-state index contributed by atoms with van der Waals surface area (Å²) < 4.78 is 0. The summed E-state index contributed by atoms with van der Waals surface area (Å²) in [6, 6.07) is 0. The summed E-state index contributed by atoms with van der Waals surface area (Å²) in [6.07, 6.45) is 1.88. The van der Waals surface area contributed by atoms with Crippen molar-refractivity contribution < 1.29 is 0 Å². The van der Waals surface area contributed by atoms with Crippen LogP contribution >= 0.6 is 0 Å². The minimum absolute atomic E-state index is 0.0725. The molecule has 0 amide bonds. The van der Waals surface area contributed by atoms with Crippen LogP contribution < -0.4 is 16.8 Å². The maximum atomic E-state index is 5.93. The normalized spacial score (nSPS) is 24.8. The van der Waals surface area contributed by atoms with E-state index in [0.717, 1.165) is 39.0 Å². The van der Waals surface area contributed by atoms with Crippen molar-refractivity contribution in [2.45, 2.75) is 39.4 Å². The maximum Gasteiger partial charge on any atom is 0.215 e. The minimum atomic E-state index is -0.678. The van der Waals surface area contributed by atoms with Gasteiger partial charge in [0.05, 0.1) is 0 Å². The Morgan fingerprint density at radius 2 is 1.71 bits per heavy atom. The van der Waals surface area contributed by atoms with Gasteiger partial charge in [-0.2, -0.15) is 0 Å². The van der Waals surface area contributed by atoms with Crippen LogP contribution in [0.3, 0.4) is 0 Å². The summed E-state index contributed by atoms with van der Waals surface area (Å²) in [4.78, 5) is 14.0. The van der Waals surface area contributed by atoms with Crippen molar-refractivity contribution in [1.29, 1.82) is 0 Å². The van der Waals surface area contributed by atoms with Crippen LogP contribution in [0.2, 0.25) is 0 Å². The number of nitrogens with one attached hydrogen (secondary N) is 1. The Balaban J connectivity index is 2.34. The van der Waals surface area contributed by atoms with Crippen LogP contribution in [0.5, 0.6) is 0 Å². The van der Waals surface area contributed by atoms with E-state index >= 15 is 0 Å². The van der Waals surface area contributed by atoms with E-state index in [1.54, 1.807) is 0 Å². The number of rotatable bonds is 2. The molecule has 0 radical (unpaired) electrons. The van der Waals surface area contributed by atoms with Crippen LogP contribution in [0.1, 0.15) is 33.6 Å². The average molecular weight is 295 g/mol. The molecule has 2 aliphatic heterocycles. The fraction of sp³-hybridized carbons (Fsp3) is 0.857. The molecule has 1 saturated heterocycles. The number of hydrogen-bond donors (Lipinski definition) is 3. The molecule has 0 spiro atoms. The highest BCUT2D eigenvalue weighted by Crippen LogP contribution is 2.35. The molecular formula is C14H29N7. The molecule has 0 unspecified atom stereocenters. The highest BCUT2D eigenvalue weighted by molar-refractivity contribution is 5.98. The van der Waals surface area contributed by atoms with Gasteiger partial charge in [-0.1, -0.05) is 20.8 Å². The van der Waals surface area contributed by atoms with Crippen LogP contribution in [-0.2, 0) is 0 Å². The van der Waals surface area contributed by atoms with Crippen LogP contribution in [0.4, 0.5) is 0 Å². The number of nitrogens with two attached hydrogens (primary N) is 2. The smallest absolute Gasteiger partial charge is 0.215 e. The molecule has 5 N–H and O–H groups in total. The van der Waals surface area contributed by atoms with Crippen LogP contribution in [0, 0.1) is 5.41 Å². The van der Waals surface area contributed by atoms with E-state index in [9.17, 15) is 0 Å². The lowest BCUT2D eigenvalue weighted by Gasteiger charge is -2.42. The van der Waals surface area contributed by atoms with Gasteiger partial charge in [0.25, 0.3) is 0 Å². The molecule has 0 aromatic heterocycles. The number of likely N-dealkylation sites (N-methyl/N-ethyl adjacent to an activating group) is 1. The van der Waals surface area contributed by atoms with Gasteiger partial charge < -0.3 is 16.4 Å². The summed E-state index contributed by atoms with van der Waals surface area (Å²) in [7, 11) is 2.15. The van der Waals surface area contributed by atoms with Crippen molar-refractivity contribution in [3.8, 4) is 0 Å². The summed E-state index contributed by atoms with van der Waals surface area (Å²) in [5.41, 5.74) is 11.9. The fourth-order valence-corrected chi connectivity index (χ4v) is 3.05. The van der Waals surface area contributed by atoms with Crippen molar-refractivity contribution in [2.75, 3.05) is 33.2 Å². The van der Waals surface area contributed by atoms with Crippen LogP contribution in [0.15, 0.2) is 9.98 Å². The zero-order chi connectivity index (χ0) is 15.7. The van der Waals surface area contributed by atoms with Crippen molar-refractivity contribution >= 4 is 11.9 Å². The zero-order valence-corrected chi connectivity index (χ0v) is 13.7. The first kappa shape index (κ1) is 16.0. The minimum Gasteiger partial charge on any atom is -0.370 e. The Morgan fingerprint density at radius 1 is 1.10 bits per heavy atom. The van der Waals surface area contributed by atoms with Crippen molar-refractivity contribution in [1.82, 2.24) is 15.1 Å². The largest absolute Gasteiger partial charge is 0.370 e. The Bertz CT molecular complexity index is 417. The molecule has 0 atom stereocenters. The van der Waals surface area contributed by atoms with Gasteiger partial charge in [0, 0.05) is 26.1 Å². The lowest BCUT2D eigenvalue weighted by molar-refractivity contribution is 0.0627. The third-order valence-corrected chi connectivity index (χ3v) is 3.85. The molecule has 2 rings (SSSR count). The summed E-state index contributed by atoms with van der Waals surface area (Å²) >= 11 is 0. The third-order valence-electron chi connectivity index (χ3n) is 3.85. The second-order valence-electron chi connectivity index (χ2n) is 7.27. The first-order valence-corrected chi connectivity index (χ1v) is 7.61. The molecule has 0 aromatic rings. The van der Waals surface area contributed by atoms with Crippen molar-refractivity contribution in [3.05, 3.63) is 0 Å². The molecular weight excluding hydrogens is 266 g/mol. The van der Waals surface area contributed by atoms with Crippen LogP contribution in [-0.4, -0.2) is 60.7 Å². The topological polar surface area (TPSA) is 95.3 Å². The van der Waals surface area contributed by atoms with Gasteiger partial charge in [-0.3, -0.25) is 10.2 Å². The Kier molecular flexibility index (Phi) is 4.43. The van der Waals surface area contributed by atoms with E-state index in [4.69, 9.17) is 11.5 Å². The Morgan fingerprint density at radius 3 is 2.29 bits per heavy atom. The lowest BCUT2D eigenvalue weighted by atomic mass is 9.87. The molecule has 0 aromatic carbocycles. The van der Waals surface area contributed by atoms with Gasteiger partial charge in [0.15, 0.2) is 11.9 Å². The van der Waals surface area contributed by atoms with Gasteiger partial charge >= 0.3 is 0 Å². The van der Waals surface area contributed by atoms with Crippen molar-refractivity contribution in [3.63, 3.8) is 0 Å². The maximum absolute atomic E-state index is 5.93. The molecule has 2 aliphatic rings. The van der Waals surface area contributed by atoms with Gasteiger partial charge in [-0.15, -0.1) is 0 Å². The second-order valence-corrected chi connectivity index (χ2v) is 7.27. The van der Waals surface area contributed by atoms with E-state index in [1.807, 2.05) is 0 Å². The predicted molar refractivity (Wildman–Crippen MR) is 86.9 cm³/mol. The molecule has 1 fully saturated rings. The SMILES string of the molecule is CN1CCCN(C2(CC(C)(C)C)N=C(N)NC(N)=N2)CC1. The molecule has 0 aliphatic carbocycles. The van der Waals surface area contributed by atoms with E-state index in [-0.39, 0.29) is 5.41 Å². The zero-order valence-electron chi connectivity index (χ0n) is 13.7. The van der Waals surface area contributed by atoms with E-state index in [0.29, 0.717) is 11.9 Å². The van der Waals surface area contributed by atoms with Gasteiger partial charge in [-0.05, 0) is 25.4 Å². The molecule has 120 valence electrons. The highest BCUT2D eigenvalue weighted by Gasteiger charge is 2.42. The molecule has 21 heavy (non-hydrogen) atoms. The van der Waals surface area contributed by atoms with E-state index in [1.165, 1.54) is 0 Å². The summed E-state index contributed by atoms with van der Waals surface area (Å²) in [6.45, 7) is 10.5. The summed E-state index contributed by atoms with van der Waals surface area (Å²) in [5, 5.41) is 2.80. The fourth-order valence-electron chi connectivity index (χ4n) is 3.05. The quantitative estimate of drug-likeness (QED) is 0.664. The Labute approximate surface area is 127 Å². The second kappa shape index (κ2) is 5.81. The number of nitrogens with zero attached hydrogens (tertiary/aromatic N) is 4. The number of aliphatic imine (C=N–C) groups is 2. The lowest BCUT2D eigenvalue weighted by Crippen LogP contribution is -2.57. The molecule has 0 saturated carbocycles. The highest BCUT2D eigenvalue weighted by atomic mass is 15.5. The third kappa shape index (κ3) is 4.07. The molecule has 2 heterocycles. The first-order chi connectivity index (χ1) is 9.70. The van der Waals surface area contributed by atoms with E-state index < -0.39 is 5.79 Å². The molecule has 7 heteroatoms. The van der Waals surface area contributed by atoms with Gasteiger partial charge in [0.2, 0.25) is 5.79 Å². The van der Waals surface area contributed by atoms with Gasteiger partial charge in [0.1, 0.15) is 0 Å².